The first-order valence-corrected chi connectivity index (χ1v) is 8.62. The summed E-state index contributed by atoms with van der Waals surface area (Å²) in [6.45, 7) is 0.578. The number of amides is 2. The Morgan fingerprint density at radius 1 is 1.35 bits per heavy atom. The Labute approximate surface area is 149 Å². The number of hydrogen-bond donors (Lipinski definition) is 2. The number of hydrazone groups is 1. The largest absolute Gasteiger partial charge is 0.348 e. The summed E-state index contributed by atoms with van der Waals surface area (Å²) in [5.74, 6) is 1.70. The van der Waals surface area contributed by atoms with Gasteiger partial charge in [0, 0.05) is 44.2 Å². The van der Waals surface area contributed by atoms with Gasteiger partial charge in [0.15, 0.2) is 5.82 Å². The molecule has 2 aromatic rings. The van der Waals surface area contributed by atoms with Crippen LogP contribution in [0.1, 0.15) is 43.3 Å². The molecule has 2 aliphatic rings. The Morgan fingerprint density at radius 2 is 2.19 bits per heavy atom. The number of nitrogens with zero attached hydrogens (tertiary/aromatic N) is 6. The summed E-state index contributed by atoms with van der Waals surface area (Å²) >= 11 is 0. The molecule has 10 heteroatoms. The van der Waals surface area contributed by atoms with Crippen LogP contribution >= 0.6 is 0 Å². The van der Waals surface area contributed by atoms with Crippen molar-refractivity contribution in [2.75, 3.05) is 0 Å². The summed E-state index contributed by atoms with van der Waals surface area (Å²) in [7, 11) is 1.96. The lowest BCUT2D eigenvalue weighted by Gasteiger charge is -2.35. The lowest BCUT2D eigenvalue weighted by atomic mass is 9.79. The van der Waals surface area contributed by atoms with Crippen molar-refractivity contribution in [1.29, 1.82) is 0 Å². The summed E-state index contributed by atoms with van der Waals surface area (Å²) in [4.78, 5) is 23.2. The Bertz CT molecular complexity index is 848. The molecular weight excluding hydrogens is 336 g/mol. The van der Waals surface area contributed by atoms with E-state index in [-0.39, 0.29) is 23.8 Å². The van der Waals surface area contributed by atoms with Gasteiger partial charge in [-0.05, 0) is 18.9 Å². The minimum absolute atomic E-state index is 0.0964. The second-order valence-electron chi connectivity index (χ2n) is 6.67. The Morgan fingerprint density at radius 3 is 2.88 bits per heavy atom. The molecule has 26 heavy (non-hydrogen) atoms. The van der Waals surface area contributed by atoms with Crippen LogP contribution in [-0.2, 0) is 23.2 Å². The van der Waals surface area contributed by atoms with Crippen molar-refractivity contribution >= 4 is 17.5 Å². The van der Waals surface area contributed by atoms with Crippen LogP contribution in [-0.4, -0.2) is 48.1 Å². The van der Waals surface area contributed by atoms with E-state index >= 15 is 0 Å². The molecule has 0 unspecified atom stereocenters. The van der Waals surface area contributed by atoms with Crippen LogP contribution in [0.4, 0.5) is 0 Å². The van der Waals surface area contributed by atoms with Gasteiger partial charge in [0.05, 0.1) is 0 Å². The standard InChI is InChI=1S/C16H20N8O2/c1-23-13(9-24-6-2-5-17-24)20-22-15(23)10-7-11(8-10)18-16(26)12-3-4-14(25)21-19-12/h2,5-6,10-11H,3-4,7-9H2,1H3,(H,18,26)(H,21,25). The molecule has 3 heterocycles. The Balaban J connectivity index is 1.31. The van der Waals surface area contributed by atoms with Gasteiger partial charge >= 0.3 is 0 Å². The van der Waals surface area contributed by atoms with E-state index in [1.165, 1.54) is 0 Å². The van der Waals surface area contributed by atoms with Crippen molar-refractivity contribution in [3.05, 3.63) is 30.1 Å². The minimum Gasteiger partial charge on any atom is -0.348 e. The Hall–Kier alpha value is -3.04. The minimum atomic E-state index is -0.203. The zero-order valence-electron chi connectivity index (χ0n) is 14.4. The zero-order chi connectivity index (χ0) is 18.1. The molecule has 2 aromatic heterocycles. The quantitative estimate of drug-likeness (QED) is 0.761. The molecule has 0 aromatic carbocycles. The molecule has 0 bridgehead atoms. The van der Waals surface area contributed by atoms with Crippen LogP contribution in [0, 0.1) is 0 Å². The second-order valence-corrected chi connectivity index (χ2v) is 6.67. The maximum atomic E-state index is 12.2. The van der Waals surface area contributed by atoms with E-state index < -0.39 is 0 Å². The van der Waals surface area contributed by atoms with Gasteiger partial charge in [0.2, 0.25) is 5.91 Å². The topological polar surface area (TPSA) is 119 Å². The lowest BCUT2D eigenvalue weighted by molar-refractivity contribution is -0.121. The van der Waals surface area contributed by atoms with Gasteiger partial charge in [-0.1, -0.05) is 0 Å². The summed E-state index contributed by atoms with van der Waals surface area (Å²) in [5.41, 5.74) is 2.73. The molecule has 0 atom stereocenters. The SMILES string of the molecule is Cn1c(Cn2cccn2)nnc1C1CC(NC(=O)C2=NNC(=O)CC2)C1. The predicted octanol–water partition coefficient (Wildman–Crippen LogP) is -0.312. The van der Waals surface area contributed by atoms with E-state index in [1.54, 1.807) is 10.9 Å². The summed E-state index contributed by atoms with van der Waals surface area (Å²) in [5, 5.41) is 19.6. The van der Waals surface area contributed by atoms with Crippen molar-refractivity contribution in [1.82, 2.24) is 35.3 Å². The number of aromatic nitrogens is 5. The van der Waals surface area contributed by atoms with Crippen LogP contribution in [0.5, 0.6) is 0 Å². The molecule has 1 aliphatic carbocycles. The highest BCUT2D eigenvalue weighted by atomic mass is 16.2. The summed E-state index contributed by atoms with van der Waals surface area (Å²) < 4.78 is 3.81. The number of rotatable bonds is 5. The van der Waals surface area contributed by atoms with E-state index in [2.05, 4.69) is 31.1 Å². The van der Waals surface area contributed by atoms with E-state index in [0.717, 1.165) is 24.5 Å². The molecule has 0 saturated heterocycles. The van der Waals surface area contributed by atoms with Gasteiger partial charge in [0.1, 0.15) is 18.1 Å². The number of carbonyl (C=O) groups is 2. The number of nitrogens with one attached hydrogen (secondary N) is 2. The molecule has 1 fully saturated rings. The molecule has 136 valence electrons. The van der Waals surface area contributed by atoms with Crippen molar-refractivity contribution in [2.24, 2.45) is 12.1 Å². The first-order chi connectivity index (χ1) is 12.6. The average Bonchev–Trinajstić information content (AvgIpc) is 3.23. The third-order valence-electron chi connectivity index (χ3n) is 4.87. The molecule has 10 nitrogen and oxygen atoms in total. The van der Waals surface area contributed by atoms with Crippen molar-refractivity contribution < 1.29 is 9.59 Å². The highest BCUT2D eigenvalue weighted by Crippen LogP contribution is 2.35. The molecular formula is C16H20N8O2. The smallest absolute Gasteiger partial charge is 0.267 e. The summed E-state index contributed by atoms with van der Waals surface area (Å²) in [6, 6.07) is 1.97. The van der Waals surface area contributed by atoms with Gasteiger partial charge < -0.3 is 9.88 Å². The third-order valence-corrected chi connectivity index (χ3v) is 4.87. The molecule has 1 aliphatic heterocycles. The number of carbonyl (C=O) groups excluding carboxylic acids is 2. The van der Waals surface area contributed by atoms with Crippen LogP contribution in [0.15, 0.2) is 23.6 Å². The third kappa shape index (κ3) is 3.22. The summed E-state index contributed by atoms with van der Waals surface area (Å²) in [6.07, 6.45) is 5.95. The fourth-order valence-corrected chi connectivity index (χ4v) is 3.26. The molecule has 1 saturated carbocycles. The van der Waals surface area contributed by atoms with Crippen molar-refractivity contribution in [2.45, 2.75) is 44.2 Å². The fraction of sp³-hybridized carbons (Fsp3) is 0.500. The average molecular weight is 356 g/mol. The normalized spacial score (nSPS) is 22.3. The molecule has 2 N–H and O–H groups in total. The monoisotopic (exact) mass is 356 g/mol. The second kappa shape index (κ2) is 6.70. The van der Waals surface area contributed by atoms with Gasteiger partial charge in [0.25, 0.3) is 5.91 Å². The molecule has 4 rings (SSSR count). The van der Waals surface area contributed by atoms with Gasteiger partial charge in [-0.2, -0.15) is 10.2 Å². The van der Waals surface area contributed by atoms with Gasteiger partial charge in [-0.15, -0.1) is 10.2 Å². The lowest BCUT2D eigenvalue weighted by Crippen LogP contribution is -2.47. The van der Waals surface area contributed by atoms with Gasteiger partial charge in [-0.25, -0.2) is 5.43 Å². The highest BCUT2D eigenvalue weighted by molar-refractivity contribution is 6.39. The molecule has 0 spiro atoms. The van der Waals surface area contributed by atoms with Crippen LogP contribution < -0.4 is 10.7 Å². The van der Waals surface area contributed by atoms with Crippen molar-refractivity contribution in [3.63, 3.8) is 0 Å². The first kappa shape index (κ1) is 16.4. The molecule has 0 radical (unpaired) electrons. The van der Waals surface area contributed by atoms with Gasteiger partial charge in [-0.3, -0.25) is 14.3 Å². The predicted molar refractivity (Wildman–Crippen MR) is 91.0 cm³/mol. The van der Waals surface area contributed by atoms with E-state index in [9.17, 15) is 9.59 Å². The van der Waals surface area contributed by atoms with Crippen molar-refractivity contribution in [3.8, 4) is 0 Å². The molecule has 2 amide bonds. The maximum absolute atomic E-state index is 12.2. The van der Waals surface area contributed by atoms with E-state index in [0.29, 0.717) is 25.1 Å². The van der Waals surface area contributed by atoms with Crippen LogP contribution in [0.3, 0.4) is 0 Å². The Kier molecular flexibility index (Phi) is 4.23. The maximum Gasteiger partial charge on any atom is 0.267 e. The highest BCUT2D eigenvalue weighted by Gasteiger charge is 2.35. The van der Waals surface area contributed by atoms with Crippen LogP contribution in [0.2, 0.25) is 0 Å². The van der Waals surface area contributed by atoms with E-state index in [1.807, 2.05) is 23.9 Å². The fourth-order valence-electron chi connectivity index (χ4n) is 3.26. The zero-order valence-corrected chi connectivity index (χ0v) is 14.4. The first-order valence-electron chi connectivity index (χ1n) is 8.62. The number of hydrogen-bond acceptors (Lipinski definition) is 6. The van der Waals surface area contributed by atoms with Crippen LogP contribution in [0.25, 0.3) is 0 Å². The van der Waals surface area contributed by atoms with E-state index in [4.69, 9.17) is 0 Å².